The molecule has 0 aromatic carbocycles. The quantitative estimate of drug-likeness (QED) is 0.529. The Kier molecular flexibility index (Phi) is 6.94. The third-order valence-corrected chi connectivity index (χ3v) is 2.78. The Hall–Kier alpha value is -1.82. The van der Waals surface area contributed by atoms with E-state index in [-0.39, 0.29) is 17.9 Å². The normalized spacial score (nSPS) is 10.3. The number of hydrogen-bond donors (Lipinski definition) is 3. The van der Waals surface area contributed by atoms with Crippen molar-refractivity contribution in [3.63, 3.8) is 0 Å². The summed E-state index contributed by atoms with van der Waals surface area (Å²) >= 11 is 5.86. The summed E-state index contributed by atoms with van der Waals surface area (Å²) in [6.07, 6.45) is 2.12. The van der Waals surface area contributed by atoms with Crippen LogP contribution < -0.4 is 16.0 Å². The van der Waals surface area contributed by atoms with E-state index in [2.05, 4.69) is 20.9 Å². The Morgan fingerprint density at radius 1 is 1.29 bits per heavy atom. The molecular formula is C14H21ClN4O2. The van der Waals surface area contributed by atoms with E-state index < -0.39 is 0 Å². The molecule has 1 heterocycles. The van der Waals surface area contributed by atoms with E-state index in [0.717, 1.165) is 0 Å². The summed E-state index contributed by atoms with van der Waals surface area (Å²) in [6, 6.07) is 1.81. The van der Waals surface area contributed by atoms with E-state index in [0.29, 0.717) is 35.9 Å². The van der Waals surface area contributed by atoms with Gasteiger partial charge in [0.25, 0.3) is 5.91 Å². The van der Waals surface area contributed by atoms with Gasteiger partial charge >= 0.3 is 0 Å². The minimum absolute atomic E-state index is 0.0772. The van der Waals surface area contributed by atoms with Crippen LogP contribution in [0.4, 0.5) is 5.69 Å². The molecule has 0 bridgehead atoms. The molecule has 1 aromatic rings. The van der Waals surface area contributed by atoms with Crippen LogP contribution in [0.5, 0.6) is 0 Å². The molecule has 6 nitrogen and oxygen atoms in total. The zero-order valence-electron chi connectivity index (χ0n) is 12.5. The molecule has 2 amide bonds. The molecule has 3 N–H and O–H groups in total. The van der Waals surface area contributed by atoms with Gasteiger partial charge in [-0.3, -0.25) is 9.59 Å². The van der Waals surface area contributed by atoms with Crippen molar-refractivity contribution >= 4 is 29.1 Å². The molecule has 0 unspecified atom stereocenters. The van der Waals surface area contributed by atoms with Gasteiger partial charge in [-0.25, -0.2) is 4.98 Å². The first-order valence-electron chi connectivity index (χ1n) is 6.85. The van der Waals surface area contributed by atoms with Crippen LogP contribution in [0.3, 0.4) is 0 Å². The van der Waals surface area contributed by atoms with Crippen LogP contribution in [-0.4, -0.2) is 35.9 Å². The van der Waals surface area contributed by atoms with Crippen LogP contribution in [0, 0.1) is 0 Å². The number of aromatic nitrogens is 1. The molecule has 0 saturated carbocycles. The Bertz CT molecular complexity index is 506. The predicted molar refractivity (Wildman–Crippen MR) is 83.6 cm³/mol. The van der Waals surface area contributed by atoms with Crippen molar-refractivity contribution in [1.82, 2.24) is 15.6 Å². The van der Waals surface area contributed by atoms with Crippen LogP contribution >= 0.6 is 11.6 Å². The van der Waals surface area contributed by atoms with Gasteiger partial charge in [0.2, 0.25) is 5.91 Å². The monoisotopic (exact) mass is 312 g/mol. The average molecular weight is 313 g/mol. The maximum atomic E-state index is 12.1. The Labute approximate surface area is 129 Å². The third kappa shape index (κ3) is 6.44. The highest BCUT2D eigenvalue weighted by Crippen LogP contribution is 2.19. The molecule has 7 heteroatoms. The standard InChI is InChI=1S/C14H21ClN4O2/c1-9(2)19-12-7-13(15)18-8-11(12)14(21)17-6-4-5-16-10(3)20/h7-9H,4-6H2,1-3H3,(H,16,20)(H,17,21)(H,18,19). The summed E-state index contributed by atoms with van der Waals surface area (Å²) in [6.45, 7) is 6.42. The lowest BCUT2D eigenvalue weighted by Crippen LogP contribution is -2.29. The maximum Gasteiger partial charge on any atom is 0.254 e. The fraction of sp³-hybridized carbons (Fsp3) is 0.500. The van der Waals surface area contributed by atoms with Crippen molar-refractivity contribution in [2.45, 2.75) is 33.2 Å². The maximum absolute atomic E-state index is 12.1. The summed E-state index contributed by atoms with van der Waals surface area (Å²) in [5.74, 6) is -0.295. The fourth-order valence-corrected chi connectivity index (χ4v) is 1.85. The highest BCUT2D eigenvalue weighted by Gasteiger charge is 2.13. The summed E-state index contributed by atoms with van der Waals surface area (Å²) < 4.78 is 0. The number of pyridine rings is 1. The summed E-state index contributed by atoms with van der Waals surface area (Å²) in [5.41, 5.74) is 1.11. The molecule has 1 rings (SSSR count). The number of hydrogen-bond acceptors (Lipinski definition) is 4. The van der Waals surface area contributed by atoms with Crippen LogP contribution in [0.15, 0.2) is 12.3 Å². The predicted octanol–water partition coefficient (Wildman–Crippen LogP) is 1.81. The topological polar surface area (TPSA) is 83.1 Å². The van der Waals surface area contributed by atoms with Crippen LogP contribution in [0.1, 0.15) is 37.6 Å². The van der Waals surface area contributed by atoms with Crippen molar-refractivity contribution in [3.05, 3.63) is 23.0 Å². The van der Waals surface area contributed by atoms with Crippen molar-refractivity contribution in [1.29, 1.82) is 0 Å². The molecule has 0 aliphatic heterocycles. The van der Waals surface area contributed by atoms with Crippen molar-refractivity contribution < 1.29 is 9.59 Å². The smallest absolute Gasteiger partial charge is 0.254 e. The molecule has 0 saturated heterocycles. The van der Waals surface area contributed by atoms with E-state index in [1.807, 2.05) is 13.8 Å². The number of rotatable bonds is 7. The van der Waals surface area contributed by atoms with Crippen molar-refractivity contribution in [3.8, 4) is 0 Å². The van der Waals surface area contributed by atoms with Gasteiger partial charge in [-0.15, -0.1) is 0 Å². The summed E-state index contributed by atoms with van der Waals surface area (Å²) in [7, 11) is 0. The first kappa shape index (κ1) is 17.2. The second-order valence-corrected chi connectivity index (χ2v) is 5.33. The van der Waals surface area contributed by atoms with Gasteiger partial charge in [-0.05, 0) is 26.3 Å². The number of nitrogens with zero attached hydrogens (tertiary/aromatic N) is 1. The molecule has 116 valence electrons. The van der Waals surface area contributed by atoms with E-state index >= 15 is 0 Å². The van der Waals surface area contributed by atoms with E-state index in [1.54, 1.807) is 6.07 Å². The number of anilines is 1. The molecule has 0 fully saturated rings. The number of carbonyl (C=O) groups excluding carboxylic acids is 2. The van der Waals surface area contributed by atoms with Crippen molar-refractivity contribution in [2.24, 2.45) is 0 Å². The lowest BCUT2D eigenvalue weighted by Gasteiger charge is -2.14. The molecular weight excluding hydrogens is 292 g/mol. The van der Waals surface area contributed by atoms with E-state index in [9.17, 15) is 9.59 Å². The number of amides is 2. The van der Waals surface area contributed by atoms with Gasteiger partial charge in [0, 0.05) is 32.3 Å². The Morgan fingerprint density at radius 2 is 1.95 bits per heavy atom. The summed E-state index contributed by atoms with van der Waals surface area (Å²) in [4.78, 5) is 26.8. The lowest BCUT2D eigenvalue weighted by molar-refractivity contribution is -0.118. The van der Waals surface area contributed by atoms with Crippen molar-refractivity contribution in [2.75, 3.05) is 18.4 Å². The molecule has 0 radical (unpaired) electrons. The van der Waals surface area contributed by atoms with Gasteiger partial charge in [0.15, 0.2) is 0 Å². The molecule has 0 aliphatic carbocycles. The zero-order chi connectivity index (χ0) is 15.8. The van der Waals surface area contributed by atoms with Crippen LogP contribution in [0.2, 0.25) is 5.15 Å². The number of nitrogens with one attached hydrogen (secondary N) is 3. The average Bonchev–Trinajstić information content (AvgIpc) is 2.37. The highest BCUT2D eigenvalue weighted by molar-refractivity contribution is 6.29. The largest absolute Gasteiger partial charge is 0.382 e. The lowest BCUT2D eigenvalue weighted by atomic mass is 10.2. The van der Waals surface area contributed by atoms with Gasteiger partial charge in [0.05, 0.1) is 11.3 Å². The highest BCUT2D eigenvalue weighted by atomic mass is 35.5. The SMILES string of the molecule is CC(=O)NCCCNC(=O)c1cnc(Cl)cc1NC(C)C. The minimum Gasteiger partial charge on any atom is -0.382 e. The third-order valence-electron chi connectivity index (χ3n) is 2.57. The summed E-state index contributed by atoms with van der Waals surface area (Å²) in [5, 5.41) is 8.97. The number of carbonyl (C=O) groups is 2. The van der Waals surface area contributed by atoms with E-state index in [1.165, 1.54) is 13.1 Å². The van der Waals surface area contributed by atoms with Gasteiger partial charge in [-0.1, -0.05) is 11.6 Å². The Balaban J connectivity index is 2.58. The molecule has 0 spiro atoms. The second kappa shape index (κ2) is 8.46. The van der Waals surface area contributed by atoms with Gasteiger partial charge in [-0.2, -0.15) is 0 Å². The van der Waals surface area contributed by atoms with E-state index in [4.69, 9.17) is 11.6 Å². The number of halogens is 1. The molecule has 21 heavy (non-hydrogen) atoms. The minimum atomic E-state index is -0.217. The first-order valence-corrected chi connectivity index (χ1v) is 7.22. The second-order valence-electron chi connectivity index (χ2n) is 4.94. The Morgan fingerprint density at radius 3 is 2.57 bits per heavy atom. The molecule has 0 aliphatic rings. The molecule has 0 atom stereocenters. The first-order chi connectivity index (χ1) is 9.90. The fourth-order valence-electron chi connectivity index (χ4n) is 1.69. The van der Waals surface area contributed by atoms with Gasteiger partial charge < -0.3 is 16.0 Å². The zero-order valence-corrected chi connectivity index (χ0v) is 13.3. The van der Waals surface area contributed by atoms with Crippen LogP contribution in [0.25, 0.3) is 0 Å². The van der Waals surface area contributed by atoms with Crippen LogP contribution in [-0.2, 0) is 4.79 Å². The molecule has 1 aromatic heterocycles. The van der Waals surface area contributed by atoms with Gasteiger partial charge in [0.1, 0.15) is 5.15 Å².